The number of aromatic nitrogens is 2. The zero-order chi connectivity index (χ0) is 19.1. The number of rotatable bonds is 7. The lowest BCUT2D eigenvalue weighted by Crippen LogP contribution is -2.49. The summed E-state index contributed by atoms with van der Waals surface area (Å²) >= 11 is 0. The molecule has 1 aliphatic heterocycles. The average molecular weight is 372 g/mol. The molecular weight excluding hydrogens is 348 g/mol. The van der Waals surface area contributed by atoms with E-state index in [2.05, 4.69) is 14.9 Å². The Kier molecular flexibility index (Phi) is 6.43. The Bertz CT molecular complexity index is 746. The molecule has 0 aliphatic carbocycles. The highest BCUT2D eigenvalue weighted by atomic mass is 16.5. The first kappa shape index (κ1) is 18.9. The van der Waals surface area contributed by atoms with Gasteiger partial charge in [0, 0.05) is 38.8 Å². The van der Waals surface area contributed by atoms with Crippen molar-refractivity contribution in [3.63, 3.8) is 0 Å². The summed E-state index contributed by atoms with van der Waals surface area (Å²) in [5, 5.41) is 0. The predicted molar refractivity (Wildman–Crippen MR) is 99.4 cm³/mol. The van der Waals surface area contributed by atoms with Crippen LogP contribution in [-0.2, 0) is 0 Å². The Morgan fingerprint density at radius 3 is 2.48 bits per heavy atom. The van der Waals surface area contributed by atoms with Crippen LogP contribution in [0.1, 0.15) is 10.5 Å². The number of piperazine rings is 1. The molecule has 8 nitrogen and oxygen atoms in total. The summed E-state index contributed by atoms with van der Waals surface area (Å²) in [7, 11) is 3.15. The molecule has 0 radical (unpaired) electrons. The molecule has 3 rings (SSSR count). The summed E-state index contributed by atoms with van der Waals surface area (Å²) in [5.41, 5.74) is 0.339. The first-order chi connectivity index (χ1) is 13.2. The monoisotopic (exact) mass is 372 g/mol. The standard InChI is InChI=1S/C19H24N4O4/c1-25-15-4-3-5-16(12-15)27-11-10-22-6-8-23(9-7-22)19(24)17-13-21-18(26-2)14-20-17/h3-5,12-14H,6-11H2,1-2H3. The van der Waals surface area contributed by atoms with Gasteiger partial charge in [0.15, 0.2) is 0 Å². The van der Waals surface area contributed by atoms with Gasteiger partial charge in [-0.05, 0) is 12.1 Å². The lowest BCUT2D eigenvalue weighted by Gasteiger charge is -2.34. The average Bonchev–Trinajstić information content (AvgIpc) is 2.74. The lowest BCUT2D eigenvalue weighted by molar-refractivity contribution is 0.0614. The second kappa shape index (κ2) is 9.18. The quantitative estimate of drug-likeness (QED) is 0.726. The van der Waals surface area contributed by atoms with E-state index in [1.807, 2.05) is 24.3 Å². The molecule has 0 bridgehead atoms. The van der Waals surface area contributed by atoms with Crippen molar-refractivity contribution in [2.45, 2.75) is 0 Å². The van der Waals surface area contributed by atoms with Crippen molar-refractivity contribution < 1.29 is 19.0 Å². The summed E-state index contributed by atoms with van der Waals surface area (Å²) in [6.45, 7) is 4.32. The predicted octanol–water partition coefficient (Wildman–Crippen LogP) is 1.33. The third-order valence-corrected chi connectivity index (χ3v) is 4.43. The van der Waals surface area contributed by atoms with E-state index in [4.69, 9.17) is 14.2 Å². The Hall–Kier alpha value is -2.87. The fourth-order valence-corrected chi connectivity index (χ4v) is 2.85. The van der Waals surface area contributed by atoms with Gasteiger partial charge >= 0.3 is 0 Å². The Morgan fingerprint density at radius 2 is 1.81 bits per heavy atom. The van der Waals surface area contributed by atoms with Gasteiger partial charge in [0.05, 0.1) is 26.6 Å². The van der Waals surface area contributed by atoms with Crippen LogP contribution < -0.4 is 14.2 Å². The summed E-state index contributed by atoms with van der Waals surface area (Å²) in [4.78, 5) is 24.7. The van der Waals surface area contributed by atoms with Crippen molar-refractivity contribution in [3.05, 3.63) is 42.4 Å². The Labute approximate surface area is 158 Å². The number of carbonyl (C=O) groups excluding carboxylic acids is 1. The number of hydrogen-bond acceptors (Lipinski definition) is 7. The largest absolute Gasteiger partial charge is 0.497 e. The molecule has 8 heteroatoms. The van der Waals surface area contributed by atoms with E-state index in [1.54, 1.807) is 12.0 Å². The SMILES string of the molecule is COc1cccc(OCCN2CCN(C(=O)c3cnc(OC)cn3)CC2)c1. The molecule has 0 atom stereocenters. The van der Waals surface area contributed by atoms with E-state index in [9.17, 15) is 4.79 Å². The maximum absolute atomic E-state index is 12.5. The Morgan fingerprint density at radius 1 is 1.04 bits per heavy atom. The van der Waals surface area contributed by atoms with Gasteiger partial charge in [-0.1, -0.05) is 6.07 Å². The molecule has 1 fully saturated rings. The molecule has 1 amide bonds. The van der Waals surface area contributed by atoms with E-state index < -0.39 is 0 Å². The fraction of sp³-hybridized carbons (Fsp3) is 0.421. The third kappa shape index (κ3) is 5.07. The smallest absolute Gasteiger partial charge is 0.274 e. The molecule has 27 heavy (non-hydrogen) atoms. The number of ether oxygens (including phenoxy) is 3. The summed E-state index contributed by atoms with van der Waals surface area (Å²) in [6, 6.07) is 7.57. The number of amides is 1. The van der Waals surface area contributed by atoms with Gasteiger partial charge < -0.3 is 19.1 Å². The number of benzene rings is 1. The van der Waals surface area contributed by atoms with Crippen molar-refractivity contribution in [1.29, 1.82) is 0 Å². The molecule has 144 valence electrons. The van der Waals surface area contributed by atoms with Crippen molar-refractivity contribution in [1.82, 2.24) is 19.8 Å². The van der Waals surface area contributed by atoms with E-state index >= 15 is 0 Å². The van der Waals surface area contributed by atoms with Gasteiger partial charge in [0.1, 0.15) is 23.8 Å². The van der Waals surface area contributed by atoms with Crippen LogP contribution >= 0.6 is 0 Å². The highest BCUT2D eigenvalue weighted by molar-refractivity contribution is 5.92. The van der Waals surface area contributed by atoms with Crippen LogP contribution in [0, 0.1) is 0 Å². The molecule has 0 unspecified atom stereocenters. The van der Waals surface area contributed by atoms with Crippen molar-refractivity contribution in [2.75, 3.05) is 53.6 Å². The highest BCUT2D eigenvalue weighted by Crippen LogP contribution is 2.18. The normalized spacial score (nSPS) is 14.7. The van der Waals surface area contributed by atoms with Crippen LogP contribution in [0.15, 0.2) is 36.7 Å². The van der Waals surface area contributed by atoms with Gasteiger partial charge in [-0.3, -0.25) is 9.69 Å². The van der Waals surface area contributed by atoms with Crippen molar-refractivity contribution >= 4 is 5.91 Å². The number of methoxy groups -OCH3 is 2. The van der Waals surface area contributed by atoms with Gasteiger partial charge in [0.2, 0.25) is 5.88 Å². The molecular formula is C19H24N4O4. The topological polar surface area (TPSA) is 77.0 Å². The maximum Gasteiger partial charge on any atom is 0.274 e. The Balaban J connectivity index is 1.42. The van der Waals surface area contributed by atoms with Crippen LogP contribution in [0.3, 0.4) is 0 Å². The van der Waals surface area contributed by atoms with Crippen molar-refractivity contribution in [3.8, 4) is 17.4 Å². The molecule has 1 saturated heterocycles. The van der Waals surface area contributed by atoms with Crippen LogP contribution in [0.4, 0.5) is 0 Å². The summed E-state index contributed by atoms with van der Waals surface area (Å²) in [5.74, 6) is 1.87. The first-order valence-electron chi connectivity index (χ1n) is 8.84. The minimum atomic E-state index is -0.0996. The number of hydrogen-bond donors (Lipinski definition) is 0. The van der Waals surface area contributed by atoms with E-state index in [1.165, 1.54) is 19.5 Å². The summed E-state index contributed by atoms with van der Waals surface area (Å²) < 4.78 is 15.9. The highest BCUT2D eigenvalue weighted by Gasteiger charge is 2.23. The molecule has 0 spiro atoms. The minimum absolute atomic E-state index is 0.0996. The molecule has 2 heterocycles. The number of carbonyl (C=O) groups is 1. The molecule has 1 aromatic heterocycles. The molecule has 1 aromatic carbocycles. The van der Waals surface area contributed by atoms with E-state index in [-0.39, 0.29) is 5.91 Å². The molecule has 1 aliphatic rings. The van der Waals surface area contributed by atoms with Gasteiger partial charge in [-0.2, -0.15) is 0 Å². The first-order valence-corrected chi connectivity index (χ1v) is 8.84. The van der Waals surface area contributed by atoms with Crippen molar-refractivity contribution in [2.24, 2.45) is 0 Å². The molecule has 2 aromatic rings. The van der Waals surface area contributed by atoms with Crippen LogP contribution in [0.25, 0.3) is 0 Å². The van der Waals surface area contributed by atoms with Gasteiger partial charge in [-0.15, -0.1) is 0 Å². The van der Waals surface area contributed by atoms with Crippen LogP contribution in [-0.4, -0.2) is 79.2 Å². The van der Waals surface area contributed by atoms with Crippen LogP contribution in [0.5, 0.6) is 17.4 Å². The second-order valence-electron chi connectivity index (χ2n) is 6.11. The molecule has 0 N–H and O–H groups in total. The third-order valence-electron chi connectivity index (χ3n) is 4.43. The minimum Gasteiger partial charge on any atom is -0.497 e. The van der Waals surface area contributed by atoms with Gasteiger partial charge in [-0.25, -0.2) is 9.97 Å². The van der Waals surface area contributed by atoms with Crippen LogP contribution in [0.2, 0.25) is 0 Å². The van der Waals surface area contributed by atoms with Gasteiger partial charge in [0.25, 0.3) is 5.91 Å². The maximum atomic E-state index is 12.5. The van der Waals surface area contributed by atoms with E-state index in [0.29, 0.717) is 31.3 Å². The van der Waals surface area contributed by atoms with E-state index in [0.717, 1.165) is 31.1 Å². The zero-order valence-corrected chi connectivity index (χ0v) is 15.6. The second-order valence-corrected chi connectivity index (χ2v) is 6.11. The summed E-state index contributed by atoms with van der Waals surface area (Å²) in [6.07, 6.45) is 2.91. The molecule has 0 saturated carbocycles. The fourth-order valence-electron chi connectivity index (χ4n) is 2.85. The lowest BCUT2D eigenvalue weighted by atomic mass is 10.3. The number of nitrogens with zero attached hydrogens (tertiary/aromatic N) is 4. The zero-order valence-electron chi connectivity index (χ0n) is 15.6.